The summed E-state index contributed by atoms with van der Waals surface area (Å²) in [6.45, 7) is 1.85. The van der Waals surface area contributed by atoms with Crippen molar-refractivity contribution >= 4 is 21.9 Å². The number of benzene rings is 3. The Labute approximate surface area is 233 Å². The summed E-state index contributed by atoms with van der Waals surface area (Å²) in [6.07, 6.45) is 2.42. The van der Waals surface area contributed by atoms with Gasteiger partial charge in [-0.25, -0.2) is 17.5 Å². The molecule has 0 bridgehead atoms. The number of hydrogen-bond donors (Lipinski definition) is 4. The molecule has 1 amide bonds. The number of nitrogens with one attached hydrogen (secondary N) is 2. The summed E-state index contributed by atoms with van der Waals surface area (Å²) in [5.41, 5.74) is 8.87. The lowest BCUT2D eigenvalue weighted by Crippen LogP contribution is -2.41. The van der Waals surface area contributed by atoms with E-state index in [9.17, 15) is 22.4 Å². The maximum absolute atomic E-state index is 13.2. The third-order valence-electron chi connectivity index (χ3n) is 7.35. The minimum Gasteiger partial charge on any atom is -0.480 e. The lowest BCUT2D eigenvalue weighted by atomic mass is 9.85. The molecular formula is C30H34FN3O5S. The second-order valence-electron chi connectivity index (χ2n) is 10.3. The number of carboxylic acid groups (broad SMARTS) is 1. The summed E-state index contributed by atoms with van der Waals surface area (Å²) in [5, 5.41) is 12.0. The maximum atomic E-state index is 13.2. The Kier molecular flexibility index (Phi) is 9.34. The van der Waals surface area contributed by atoms with E-state index in [2.05, 4.69) is 10.0 Å². The highest BCUT2D eigenvalue weighted by Gasteiger charge is 2.30. The lowest BCUT2D eigenvalue weighted by molar-refractivity contribution is -0.138. The van der Waals surface area contributed by atoms with E-state index in [0.29, 0.717) is 25.7 Å². The standard InChI is InChI=1S/C30H34FN3O5S/c1-19(21-5-11-25(31)12-6-21)33-29(35)23-7-13-26(14-8-23)34-40(38,39)27-15-9-22(10-16-27)24-4-2-3-20(17-24)18-28(32)30(36)37/h2-6,9-12,15-17,19,23,26,28,34H,7-8,13-14,18,32H2,1H3,(H,33,35)(H,36,37)/t19-,23-,26-,28+/m1/s1. The van der Waals surface area contributed by atoms with E-state index in [0.717, 1.165) is 22.3 Å². The second kappa shape index (κ2) is 12.7. The Morgan fingerprint density at radius 1 is 0.975 bits per heavy atom. The summed E-state index contributed by atoms with van der Waals surface area (Å²) < 4.78 is 42.0. The smallest absolute Gasteiger partial charge is 0.320 e. The van der Waals surface area contributed by atoms with E-state index in [1.165, 1.54) is 12.1 Å². The van der Waals surface area contributed by atoms with Crippen molar-refractivity contribution in [2.45, 2.75) is 62.0 Å². The van der Waals surface area contributed by atoms with Crippen LogP contribution in [0.2, 0.25) is 0 Å². The molecule has 212 valence electrons. The van der Waals surface area contributed by atoms with Crippen LogP contribution in [0.5, 0.6) is 0 Å². The number of aliphatic carboxylic acids is 1. The molecule has 3 aromatic rings. The fourth-order valence-electron chi connectivity index (χ4n) is 4.97. The first-order valence-corrected chi connectivity index (χ1v) is 14.8. The molecule has 0 unspecified atom stereocenters. The highest BCUT2D eigenvalue weighted by Crippen LogP contribution is 2.28. The molecule has 10 heteroatoms. The van der Waals surface area contributed by atoms with Gasteiger partial charge in [0.1, 0.15) is 11.9 Å². The zero-order valence-corrected chi connectivity index (χ0v) is 23.0. The van der Waals surface area contributed by atoms with Gasteiger partial charge in [0.2, 0.25) is 15.9 Å². The van der Waals surface area contributed by atoms with Crippen molar-refractivity contribution in [3.63, 3.8) is 0 Å². The first kappa shape index (κ1) is 29.4. The predicted molar refractivity (Wildman–Crippen MR) is 150 cm³/mol. The molecule has 5 N–H and O–H groups in total. The number of sulfonamides is 1. The summed E-state index contributed by atoms with van der Waals surface area (Å²) in [4.78, 5) is 24.0. The molecule has 1 aliphatic carbocycles. The van der Waals surface area contributed by atoms with Crippen LogP contribution in [0.15, 0.2) is 77.7 Å². The van der Waals surface area contributed by atoms with E-state index in [1.54, 1.807) is 42.5 Å². The Hall–Kier alpha value is -3.60. The van der Waals surface area contributed by atoms with Crippen molar-refractivity contribution in [3.05, 3.63) is 89.7 Å². The van der Waals surface area contributed by atoms with Crippen LogP contribution >= 0.6 is 0 Å². The average molecular weight is 568 g/mol. The molecule has 1 saturated carbocycles. The number of carbonyl (C=O) groups excluding carboxylic acids is 1. The molecule has 0 spiro atoms. The van der Waals surface area contributed by atoms with Crippen molar-refractivity contribution in [2.24, 2.45) is 11.7 Å². The summed E-state index contributed by atoms with van der Waals surface area (Å²) >= 11 is 0. The maximum Gasteiger partial charge on any atom is 0.320 e. The van der Waals surface area contributed by atoms with Gasteiger partial charge in [-0.3, -0.25) is 9.59 Å². The number of nitrogens with two attached hydrogens (primary N) is 1. The number of amides is 1. The predicted octanol–water partition coefficient (Wildman–Crippen LogP) is 4.16. The lowest BCUT2D eigenvalue weighted by Gasteiger charge is -2.29. The topological polar surface area (TPSA) is 139 Å². The van der Waals surface area contributed by atoms with Crippen molar-refractivity contribution in [1.82, 2.24) is 10.0 Å². The van der Waals surface area contributed by atoms with E-state index in [1.807, 2.05) is 25.1 Å². The molecule has 3 aromatic carbocycles. The van der Waals surface area contributed by atoms with Crippen LogP contribution < -0.4 is 15.8 Å². The zero-order chi connectivity index (χ0) is 28.9. The minimum absolute atomic E-state index is 0.0808. The molecular weight excluding hydrogens is 533 g/mol. The Balaban J connectivity index is 1.31. The number of carbonyl (C=O) groups is 2. The van der Waals surface area contributed by atoms with Crippen LogP contribution in [-0.4, -0.2) is 37.5 Å². The molecule has 4 rings (SSSR count). The van der Waals surface area contributed by atoms with E-state index in [4.69, 9.17) is 10.8 Å². The monoisotopic (exact) mass is 567 g/mol. The number of rotatable bonds is 10. The molecule has 0 radical (unpaired) electrons. The molecule has 1 aliphatic rings. The van der Waals surface area contributed by atoms with Gasteiger partial charge in [0.05, 0.1) is 10.9 Å². The van der Waals surface area contributed by atoms with Gasteiger partial charge in [0.25, 0.3) is 0 Å². The van der Waals surface area contributed by atoms with Gasteiger partial charge in [-0.15, -0.1) is 0 Å². The van der Waals surface area contributed by atoms with Crippen molar-refractivity contribution < 1.29 is 27.5 Å². The second-order valence-corrected chi connectivity index (χ2v) is 12.0. The summed E-state index contributed by atoms with van der Waals surface area (Å²) in [6, 6.07) is 18.4. The van der Waals surface area contributed by atoms with Crippen LogP contribution in [0.1, 0.15) is 49.8 Å². The number of carboxylic acids is 1. The van der Waals surface area contributed by atoms with Crippen LogP contribution in [0.3, 0.4) is 0 Å². The SMILES string of the molecule is C[C@@H](NC(=O)[C@H]1CC[C@H](NS(=O)(=O)c2ccc(-c3cccc(C[C@H](N)C(=O)O)c3)cc2)CC1)c1ccc(F)cc1. The average Bonchev–Trinajstić information content (AvgIpc) is 2.93. The molecule has 2 atom stereocenters. The summed E-state index contributed by atoms with van der Waals surface area (Å²) in [7, 11) is -3.75. The highest BCUT2D eigenvalue weighted by atomic mass is 32.2. The first-order valence-electron chi connectivity index (χ1n) is 13.3. The quantitative estimate of drug-likeness (QED) is 0.290. The van der Waals surface area contributed by atoms with Crippen LogP contribution in [0.4, 0.5) is 4.39 Å². The molecule has 0 heterocycles. The number of hydrogen-bond acceptors (Lipinski definition) is 5. The van der Waals surface area contributed by atoms with Crippen molar-refractivity contribution in [2.75, 3.05) is 0 Å². The van der Waals surface area contributed by atoms with Crippen molar-refractivity contribution in [1.29, 1.82) is 0 Å². The molecule has 0 saturated heterocycles. The number of halogens is 1. The Morgan fingerprint density at radius 2 is 1.62 bits per heavy atom. The van der Waals surface area contributed by atoms with Crippen LogP contribution in [0, 0.1) is 11.7 Å². The van der Waals surface area contributed by atoms with Crippen molar-refractivity contribution in [3.8, 4) is 11.1 Å². The van der Waals surface area contributed by atoms with E-state index in [-0.39, 0.29) is 41.0 Å². The minimum atomic E-state index is -3.75. The molecule has 40 heavy (non-hydrogen) atoms. The molecule has 0 aromatic heterocycles. The third-order valence-corrected chi connectivity index (χ3v) is 8.88. The van der Waals surface area contributed by atoms with Gasteiger partial charge in [-0.2, -0.15) is 0 Å². The van der Waals surface area contributed by atoms with E-state index >= 15 is 0 Å². The molecule has 8 nitrogen and oxygen atoms in total. The fourth-order valence-corrected chi connectivity index (χ4v) is 6.28. The van der Waals surface area contributed by atoms with Crippen LogP contribution in [-0.2, 0) is 26.0 Å². The zero-order valence-electron chi connectivity index (χ0n) is 22.2. The first-order chi connectivity index (χ1) is 19.0. The van der Waals surface area contributed by atoms with Gasteiger partial charge in [0, 0.05) is 12.0 Å². The molecule has 0 aliphatic heterocycles. The summed E-state index contributed by atoms with van der Waals surface area (Å²) in [5.74, 6) is -1.68. The van der Waals surface area contributed by atoms with E-state index < -0.39 is 22.0 Å². The van der Waals surface area contributed by atoms with Gasteiger partial charge in [-0.1, -0.05) is 48.5 Å². The third kappa shape index (κ3) is 7.53. The van der Waals surface area contributed by atoms with Gasteiger partial charge >= 0.3 is 5.97 Å². The largest absolute Gasteiger partial charge is 0.480 e. The van der Waals surface area contributed by atoms with Gasteiger partial charge in [0.15, 0.2) is 0 Å². The van der Waals surface area contributed by atoms with Gasteiger partial charge in [-0.05, 0) is 85.5 Å². The van der Waals surface area contributed by atoms with Crippen LogP contribution in [0.25, 0.3) is 11.1 Å². The highest BCUT2D eigenvalue weighted by molar-refractivity contribution is 7.89. The van der Waals surface area contributed by atoms with Gasteiger partial charge < -0.3 is 16.2 Å². The molecule has 1 fully saturated rings. The fraction of sp³-hybridized carbons (Fsp3) is 0.333. The Bertz CT molecular complexity index is 1440. The normalized spacial score (nSPS) is 19.0. The Morgan fingerprint density at radius 3 is 2.25 bits per heavy atom.